The summed E-state index contributed by atoms with van der Waals surface area (Å²) < 4.78 is 0. The van der Waals surface area contributed by atoms with Gasteiger partial charge in [0.15, 0.2) is 0 Å². The normalized spacial score (nSPS) is 15.8. The van der Waals surface area contributed by atoms with Gasteiger partial charge in [0.25, 0.3) is 5.91 Å². The number of carbonyl (C=O) groups excluding carboxylic acids is 2. The molecule has 1 aliphatic rings. The molecule has 0 unspecified atom stereocenters. The van der Waals surface area contributed by atoms with Crippen LogP contribution in [0.15, 0.2) is 18.2 Å². The van der Waals surface area contributed by atoms with Gasteiger partial charge in [0.1, 0.15) is 0 Å². The van der Waals surface area contributed by atoms with Crippen LogP contribution in [-0.2, 0) is 9.59 Å². The van der Waals surface area contributed by atoms with Crippen molar-refractivity contribution in [2.75, 3.05) is 19.4 Å². The maximum atomic E-state index is 12.2. The molecule has 24 heavy (non-hydrogen) atoms. The third kappa shape index (κ3) is 3.87. The summed E-state index contributed by atoms with van der Waals surface area (Å²) >= 11 is 6.11. The molecule has 0 bridgehead atoms. The molecule has 0 heterocycles. The van der Waals surface area contributed by atoms with Crippen molar-refractivity contribution in [3.63, 3.8) is 0 Å². The Morgan fingerprint density at radius 2 is 1.88 bits per heavy atom. The summed E-state index contributed by atoms with van der Waals surface area (Å²) in [5, 5.41) is 12.3. The minimum absolute atomic E-state index is 0.0572. The third-order valence-electron chi connectivity index (χ3n) is 4.40. The van der Waals surface area contributed by atoms with Gasteiger partial charge in [-0.2, -0.15) is 0 Å². The summed E-state index contributed by atoms with van der Waals surface area (Å²) in [6, 6.07) is 4.63. The Morgan fingerprint density at radius 3 is 2.38 bits per heavy atom. The number of hydrogen-bond acceptors (Lipinski definition) is 3. The molecule has 0 aromatic heterocycles. The molecular formula is C17H21ClN2O4. The molecule has 0 atom stereocenters. The molecule has 0 saturated heterocycles. The molecule has 0 aliphatic heterocycles. The molecule has 1 aliphatic carbocycles. The van der Waals surface area contributed by atoms with Crippen LogP contribution in [0.5, 0.6) is 0 Å². The van der Waals surface area contributed by atoms with E-state index in [4.69, 9.17) is 11.6 Å². The first-order valence-corrected chi connectivity index (χ1v) is 8.17. The summed E-state index contributed by atoms with van der Waals surface area (Å²) in [4.78, 5) is 37.1. The molecule has 7 heteroatoms. The number of rotatable bonds is 5. The highest BCUT2D eigenvalue weighted by Gasteiger charge is 2.42. The van der Waals surface area contributed by atoms with Crippen LogP contribution in [0, 0.1) is 5.41 Å². The fraction of sp³-hybridized carbons (Fsp3) is 0.471. The van der Waals surface area contributed by atoms with Crippen LogP contribution in [0.25, 0.3) is 0 Å². The quantitative estimate of drug-likeness (QED) is 0.852. The molecule has 1 aromatic carbocycles. The van der Waals surface area contributed by atoms with Crippen LogP contribution >= 0.6 is 11.6 Å². The first-order chi connectivity index (χ1) is 11.2. The highest BCUT2D eigenvalue weighted by molar-refractivity contribution is 6.34. The number of aliphatic carboxylic acids is 1. The number of carboxylic acid groups (broad SMARTS) is 1. The maximum Gasteiger partial charge on any atom is 0.310 e. The molecule has 2 N–H and O–H groups in total. The van der Waals surface area contributed by atoms with Crippen LogP contribution in [0.4, 0.5) is 5.69 Å². The van der Waals surface area contributed by atoms with Crippen LogP contribution in [0.3, 0.4) is 0 Å². The minimum atomic E-state index is -0.964. The van der Waals surface area contributed by atoms with Crippen molar-refractivity contribution < 1.29 is 19.5 Å². The SMILES string of the molecule is CN(C)C(=O)c1ccc(NC(=O)CC2(C(=O)O)CCCC2)cc1Cl. The van der Waals surface area contributed by atoms with Gasteiger partial charge < -0.3 is 15.3 Å². The number of benzene rings is 1. The van der Waals surface area contributed by atoms with Gasteiger partial charge >= 0.3 is 5.97 Å². The predicted octanol–water partition coefficient (Wildman–Crippen LogP) is 3.02. The second-order valence-electron chi connectivity index (χ2n) is 6.41. The van der Waals surface area contributed by atoms with Gasteiger partial charge in [0.2, 0.25) is 5.91 Å². The van der Waals surface area contributed by atoms with Gasteiger partial charge in [0.05, 0.1) is 16.0 Å². The summed E-state index contributed by atoms with van der Waals surface area (Å²) in [7, 11) is 3.25. The highest BCUT2D eigenvalue weighted by Crippen LogP contribution is 2.41. The van der Waals surface area contributed by atoms with E-state index in [1.54, 1.807) is 26.2 Å². The van der Waals surface area contributed by atoms with E-state index in [0.29, 0.717) is 24.1 Å². The summed E-state index contributed by atoms with van der Waals surface area (Å²) in [5.41, 5.74) is -0.175. The average Bonchev–Trinajstić information content (AvgIpc) is 2.96. The molecule has 130 valence electrons. The Balaban J connectivity index is 2.08. The summed E-state index contributed by atoms with van der Waals surface area (Å²) in [6.45, 7) is 0. The molecule has 2 amide bonds. The van der Waals surface area contributed by atoms with E-state index < -0.39 is 11.4 Å². The first-order valence-electron chi connectivity index (χ1n) is 7.80. The second kappa shape index (κ2) is 7.21. The van der Waals surface area contributed by atoms with Gasteiger partial charge in [-0.25, -0.2) is 0 Å². The number of amides is 2. The van der Waals surface area contributed by atoms with Crippen molar-refractivity contribution in [3.8, 4) is 0 Å². The lowest BCUT2D eigenvalue weighted by atomic mass is 9.82. The predicted molar refractivity (Wildman–Crippen MR) is 91.3 cm³/mol. The number of nitrogens with one attached hydrogen (secondary N) is 1. The van der Waals surface area contributed by atoms with Crippen LogP contribution < -0.4 is 5.32 Å². The van der Waals surface area contributed by atoms with Crippen LogP contribution in [0.1, 0.15) is 42.5 Å². The fourth-order valence-corrected chi connectivity index (χ4v) is 3.30. The Labute approximate surface area is 145 Å². The van der Waals surface area contributed by atoms with E-state index in [9.17, 15) is 19.5 Å². The first kappa shape index (κ1) is 18.3. The van der Waals surface area contributed by atoms with Crippen molar-refractivity contribution in [2.24, 2.45) is 5.41 Å². The van der Waals surface area contributed by atoms with Gasteiger partial charge in [-0.3, -0.25) is 14.4 Å². The van der Waals surface area contributed by atoms with E-state index in [-0.39, 0.29) is 23.3 Å². The number of carboxylic acids is 1. The number of nitrogens with zero attached hydrogens (tertiary/aromatic N) is 1. The standard InChI is InChI=1S/C17H21ClN2O4/c1-20(2)15(22)12-6-5-11(9-13(12)18)19-14(21)10-17(16(23)24)7-3-4-8-17/h5-6,9H,3-4,7-8,10H2,1-2H3,(H,19,21)(H,23,24). The lowest BCUT2D eigenvalue weighted by Crippen LogP contribution is -2.32. The van der Waals surface area contributed by atoms with Crippen LogP contribution in [0.2, 0.25) is 5.02 Å². The van der Waals surface area contributed by atoms with Crippen molar-refractivity contribution in [2.45, 2.75) is 32.1 Å². The summed E-state index contributed by atoms with van der Waals surface area (Å²) in [5.74, 6) is -1.50. The monoisotopic (exact) mass is 352 g/mol. The summed E-state index contributed by atoms with van der Waals surface area (Å²) in [6.07, 6.45) is 2.64. The third-order valence-corrected chi connectivity index (χ3v) is 4.72. The number of hydrogen-bond donors (Lipinski definition) is 2. The van der Waals surface area contributed by atoms with E-state index in [0.717, 1.165) is 12.8 Å². The Bertz CT molecular complexity index is 667. The van der Waals surface area contributed by atoms with E-state index in [1.807, 2.05) is 0 Å². The highest BCUT2D eigenvalue weighted by atomic mass is 35.5. The Kier molecular flexibility index (Phi) is 5.49. The second-order valence-corrected chi connectivity index (χ2v) is 6.82. The lowest BCUT2D eigenvalue weighted by Gasteiger charge is -2.23. The topological polar surface area (TPSA) is 86.7 Å². The van der Waals surface area contributed by atoms with E-state index in [1.165, 1.54) is 11.0 Å². The molecule has 6 nitrogen and oxygen atoms in total. The van der Waals surface area contributed by atoms with Gasteiger partial charge in [0, 0.05) is 26.2 Å². The minimum Gasteiger partial charge on any atom is -0.481 e. The van der Waals surface area contributed by atoms with Crippen molar-refractivity contribution in [1.82, 2.24) is 4.90 Å². The largest absolute Gasteiger partial charge is 0.481 e. The van der Waals surface area contributed by atoms with Gasteiger partial charge in [-0.1, -0.05) is 24.4 Å². The molecular weight excluding hydrogens is 332 g/mol. The maximum absolute atomic E-state index is 12.2. The van der Waals surface area contributed by atoms with Gasteiger partial charge in [-0.15, -0.1) is 0 Å². The molecule has 1 fully saturated rings. The molecule has 1 aromatic rings. The number of halogens is 1. The molecule has 1 saturated carbocycles. The van der Waals surface area contributed by atoms with Crippen molar-refractivity contribution in [1.29, 1.82) is 0 Å². The van der Waals surface area contributed by atoms with Crippen molar-refractivity contribution >= 4 is 35.1 Å². The number of anilines is 1. The van der Waals surface area contributed by atoms with Crippen molar-refractivity contribution in [3.05, 3.63) is 28.8 Å². The van der Waals surface area contributed by atoms with E-state index in [2.05, 4.69) is 5.32 Å². The van der Waals surface area contributed by atoms with E-state index >= 15 is 0 Å². The zero-order chi connectivity index (χ0) is 17.9. The molecule has 2 rings (SSSR count). The molecule has 0 spiro atoms. The number of carbonyl (C=O) groups is 3. The zero-order valence-electron chi connectivity index (χ0n) is 13.8. The van der Waals surface area contributed by atoms with Gasteiger partial charge in [-0.05, 0) is 31.0 Å². The average molecular weight is 353 g/mol. The van der Waals surface area contributed by atoms with Crippen LogP contribution in [-0.4, -0.2) is 41.9 Å². The fourth-order valence-electron chi connectivity index (χ4n) is 3.04. The Hall–Kier alpha value is -2.08. The molecule has 0 radical (unpaired) electrons. The smallest absolute Gasteiger partial charge is 0.310 e. The Morgan fingerprint density at radius 1 is 1.25 bits per heavy atom. The zero-order valence-corrected chi connectivity index (χ0v) is 14.5. The lowest BCUT2D eigenvalue weighted by molar-refractivity contribution is -0.150.